The fourth-order valence-electron chi connectivity index (χ4n) is 0.890. The van der Waals surface area contributed by atoms with Crippen LogP contribution in [0, 0.1) is 0 Å². The van der Waals surface area contributed by atoms with Crippen molar-refractivity contribution in [2.45, 2.75) is 6.42 Å². The molecule has 1 aromatic carbocycles. The summed E-state index contributed by atoms with van der Waals surface area (Å²) in [7, 11) is 0. The quantitative estimate of drug-likeness (QED) is 0.763. The first-order chi connectivity index (χ1) is 5.83. The average Bonchev–Trinajstić information content (AvgIpc) is 2.09. The van der Waals surface area contributed by atoms with Gasteiger partial charge in [0.1, 0.15) is 0 Å². The molecule has 1 rings (SSSR count). The number of nitrogens with two attached hydrogens (primary N) is 1. The molecule has 0 radical (unpaired) electrons. The molecule has 1 aromatic rings. The van der Waals surface area contributed by atoms with E-state index in [4.69, 9.17) is 17.3 Å². The smallest absolute Gasteiger partial charge is 0.0406 e. The van der Waals surface area contributed by atoms with Crippen LogP contribution in [0.15, 0.2) is 30.3 Å². The highest BCUT2D eigenvalue weighted by Gasteiger charge is 1.86. The average molecular weight is 182 g/mol. The predicted molar refractivity (Wildman–Crippen MR) is 54.2 cm³/mol. The lowest BCUT2D eigenvalue weighted by Crippen LogP contribution is -1.94. The molecule has 1 nitrogen and oxygen atoms in total. The van der Waals surface area contributed by atoms with Gasteiger partial charge in [-0.2, -0.15) is 0 Å². The van der Waals surface area contributed by atoms with Crippen molar-refractivity contribution in [1.29, 1.82) is 0 Å². The Labute approximate surface area is 77.8 Å². The van der Waals surface area contributed by atoms with E-state index in [9.17, 15) is 0 Å². The van der Waals surface area contributed by atoms with Crippen molar-refractivity contribution in [1.82, 2.24) is 0 Å². The molecular weight excluding hydrogens is 170 g/mol. The molecule has 0 spiro atoms. The van der Waals surface area contributed by atoms with Gasteiger partial charge in [0.05, 0.1) is 0 Å². The molecule has 0 fully saturated rings. The minimum atomic E-state index is 0.699. The summed E-state index contributed by atoms with van der Waals surface area (Å²) in [5.74, 6) is 0. The molecule has 0 saturated carbocycles. The van der Waals surface area contributed by atoms with Crippen LogP contribution < -0.4 is 5.73 Å². The molecule has 64 valence electrons. The molecular formula is C10H12ClN. The lowest BCUT2D eigenvalue weighted by molar-refractivity contribution is 1.01. The maximum Gasteiger partial charge on any atom is 0.0406 e. The van der Waals surface area contributed by atoms with Crippen molar-refractivity contribution in [3.8, 4) is 0 Å². The maximum absolute atomic E-state index is 5.73. The first-order valence-electron chi connectivity index (χ1n) is 3.95. The van der Waals surface area contributed by atoms with Crippen LogP contribution in [0.2, 0.25) is 5.02 Å². The fraction of sp³-hybridized carbons (Fsp3) is 0.200. The number of halogens is 1. The Morgan fingerprint density at radius 3 is 2.50 bits per heavy atom. The third-order valence-electron chi connectivity index (χ3n) is 1.51. The van der Waals surface area contributed by atoms with Crippen molar-refractivity contribution in [3.63, 3.8) is 0 Å². The molecule has 0 aliphatic heterocycles. The van der Waals surface area contributed by atoms with E-state index in [0.29, 0.717) is 6.54 Å². The van der Waals surface area contributed by atoms with Crippen LogP contribution >= 0.6 is 11.6 Å². The first kappa shape index (κ1) is 9.30. The van der Waals surface area contributed by atoms with E-state index in [1.807, 2.05) is 30.3 Å². The number of hydrogen-bond acceptors (Lipinski definition) is 1. The van der Waals surface area contributed by atoms with Crippen LogP contribution in [0.3, 0.4) is 0 Å². The minimum Gasteiger partial charge on any atom is -0.330 e. The van der Waals surface area contributed by atoms with Gasteiger partial charge in [0.2, 0.25) is 0 Å². The van der Waals surface area contributed by atoms with Gasteiger partial charge in [0.15, 0.2) is 0 Å². The topological polar surface area (TPSA) is 26.0 Å². The van der Waals surface area contributed by atoms with Gasteiger partial charge in [-0.1, -0.05) is 35.9 Å². The van der Waals surface area contributed by atoms with Crippen LogP contribution in [0.4, 0.5) is 0 Å². The van der Waals surface area contributed by atoms with Gasteiger partial charge in [-0.3, -0.25) is 0 Å². The number of hydrogen-bond donors (Lipinski definition) is 1. The molecule has 0 amide bonds. The standard InChI is InChI=1S/C10H12ClN/c11-10-6-4-9(5-7-10)3-1-2-8-12/h1,3-7H,2,8,12H2. The van der Waals surface area contributed by atoms with E-state index in [2.05, 4.69) is 6.08 Å². The molecule has 0 heterocycles. The first-order valence-corrected chi connectivity index (χ1v) is 4.33. The zero-order valence-corrected chi connectivity index (χ0v) is 7.59. The van der Waals surface area contributed by atoms with Gasteiger partial charge < -0.3 is 5.73 Å². The summed E-state index contributed by atoms with van der Waals surface area (Å²) in [5.41, 5.74) is 6.50. The van der Waals surface area contributed by atoms with Crippen molar-refractivity contribution in [2.24, 2.45) is 5.73 Å². The Hall–Kier alpha value is -0.790. The summed E-state index contributed by atoms with van der Waals surface area (Å²) in [4.78, 5) is 0. The summed E-state index contributed by atoms with van der Waals surface area (Å²) < 4.78 is 0. The largest absolute Gasteiger partial charge is 0.330 e. The predicted octanol–water partition coefficient (Wildman–Crippen LogP) is 2.70. The highest BCUT2D eigenvalue weighted by Crippen LogP contribution is 2.10. The van der Waals surface area contributed by atoms with Crippen LogP contribution in [-0.2, 0) is 0 Å². The molecule has 0 unspecified atom stereocenters. The van der Waals surface area contributed by atoms with Gasteiger partial charge >= 0.3 is 0 Å². The SMILES string of the molecule is NCCC=Cc1ccc(Cl)cc1. The molecule has 12 heavy (non-hydrogen) atoms. The number of rotatable bonds is 3. The summed E-state index contributed by atoms with van der Waals surface area (Å²) in [6.45, 7) is 0.699. The van der Waals surface area contributed by atoms with Gasteiger partial charge in [-0.25, -0.2) is 0 Å². The van der Waals surface area contributed by atoms with E-state index in [1.165, 1.54) is 0 Å². The highest BCUT2D eigenvalue weighted by molar-refractivity contribution is 6.30. The van der Waals surface area contributed by atoms with Gasteiger partial charge in [0.25, 0.3) is 0 Å². The van der Waals surface area contributed by atoms with Crippen LogP contribution in [0.1, 0.15) is 12.0 Å². The lowest BCUT2D eigenvalue weighted by atomic mass is 10.2. The molecule has 2 heteroatoms. The van der Waals surface area contributed by atoms with Crippen LogP contribution in [-0.4, -0.2) is 6.54 Å². The maximum atomic E-state index is 5.73. The normalized spacial score (nSPS) is 10.8. The van der Waals surface area contributed by atoms with Crippen LogP contribution in [0.25, 0.3) is 6.08 Å². The Morgan fingerprint density at radius 1 is 1.25 bits per heavy atom. The van der Waals surface area contributed by atoms with Crippen molar-refractivity contribution < 1.29 is 0 Å². The zero-order chi connectivity index (χ0) is 8.81. The summed E-state index contributed by atoms with van der Waals surface area (Å²) in [5, 5.41) is 0.769. The van der Waals surface area contributed by atoms with E-state index in [1.54, 1.807) is 0 Å². The van der Waals surface area contributed by atoms with Crippen molar-refractivity contribution in [2.75, 3.05) is 6.54 Å². The Balaban J connectivity index is 2.58. The highest BCUT2D eigenvalue weighted by atomic mass is 35.5. The Kier molecular flexibility index (Phi) is 3.85. The zero-order valence-electron chi connectivity index (χ0n) is 6.83. The van der Waals surface area contributed by atoms with E-state index >= 15 is 0 Å². The summed E-state index contributed by atoms with van der Waals surface area (Å²) in [6.07, 6.45) is 5.02. The molecule has 0 aliphatic rings. The van der Waals surface area contributed by atoms with Crippen LogP contribution in [0.5, 0.6) is 0 Å². The van der Waals surface area contributed by atoms with E-state index in [-0.39, 0.29) is 0 Å². The lowest BCUT2D eigenvalue weighted by Gasteiger charge is -1.92. The second-order valence-corrected chi connectivity index (χ2v) is 2.97. The third kappa shape index (κ3) is 3.07. The second kappa shape index (κ2) is 4.96. The van der Waals surface area contributed by atoms with Gasteiger partial charge in [-0.05, 0) is 30.7 Å². The summed E-state index contributed by atoms with van der Waals surface area (Å²) >= 11 is 5.73. The molecule has 0 atom stereocenters. The Bertz CT molecular complexity index is 251. The molecule has 0 bridgehead atoms. The minimum absolute atomic E-state index is 0.699. The molecule has 0 saturated heterocycles. The second-order valence-electron chi connectivity index (χ2n) is 2.53. The molecule has 0 aromatic heterocycles. The third-order valence-corrected chi connectivity index (χ3v) is 1.77. The van der Waals surface area contributed by atoms with Gasteiger partial charge in [-0.15, -0.1) is 0 Å². The molecule has 0 aliphatic carbocycles. The van der Waals surface area contributed by atoms with Crippen molar-refractivity contribution in [3.05, 3.63) is 40.9 Å². The van der Waals surface area contributed by atoms with E-state index in [0.717, 1.165) is 17.0 Å². The fourth-order valence-corrected chi connectivity index (χ4v) is 1.02. The molecule has 2 N–H and O–H groups in total. The number of benzene rings is 1. The summed E-state index contributed by atoms with van der Waals surface area (Å²) in [6, 6.07) is 7.72. The van der Waals surface area contributed by atoms with Crippen molar-refractivity contribution >= 4 is 17.7 Å². The van der Waals surface area contributed by atoms with Gasteiger partial charge in [0, 0.05) is 5.02 Å². The van der Waals surface area contributed by atoms with E-state index < -0.39 is 0 Å². The Morgan fingerprint density at radius 2 is 1.92 bits per heavy atom. The monoisotopic (exact) mass is 181 g/mol.